The van der Waals surface area contributed by atoms with E-state index in [2.05, 4.69) is 35.2 Å². The summed E-state index contributed by atoms with van der Waals surface area (Å²) in [6.07, 6.45) is 1.06. The van der Waals surface area contributed by atoms with E-state index in [9.17, 15) is 4.21 Å². The van der Waals surface area contributed by atoms with Crippen LogP contribution in [0.4, 0.5) is 5.69 Å². The minimum Gasteiger partial charge on any atom is -0.384 e. The summed E-state index contributed by atoms with van der Waals surface area (Å²) in [6, 6.07) is 6.41. The van der Waals surface area contributed by atoms with Crippen molar-refractivity contribution in [3.63, 3.8) is 0 Å². The van der Waals surface area contributed by atoms with Crippen LogP contribution in [0.3, 0.4) is 0 Å². The van der Waals surface area contributed by atoms with Crippen LogP contribution < -0.4 is 10.0 Å². The zero-order chi connectivity index (χ0) is 13.3. The summed E-state index contributed by atoms with van der Waals surface area (Å²) in [5.74, 6) is 0. The van der Waals surface area contributed by atoms with E-state index >= 15 is 0 Å². The van der Waals surface area contributed by atoms with Gasteiger partial charge in [-0.2, -0.15) is 0 Å². The lowest BCUT2D eigenvalue weighted by Crippen LogP contribution is -2.35. The number of nitrogens with one attached hydrogen (secondary N) is 2. The lowest BCUT2D eigenvalue weighted by atomic mass is 10.00. The molecule has 0 bridgehead atoms. The molecule has 2 rings (SSSR count). The molecule has 0 amide bonds. The van der Waals surface area contributed by atoms with Crippen LogP contribution in [0.5, 0.6) is 0 Å². The predicted octanol–water partition coefficient (Wildman–Crippen LogP) is 2.77. The van der Waals surface area contributed by atoms with Crippen molar-refractivity contribution in [1.82, 2.24) is 4.72 Å². The van der Waals surface area contributed by atoms with Gasteiger partial charge in [0.15, 0.2) is 0 Å². The highest BCUT2D eigenvalue weighted by molar-refractivity contribution is 7.84. The molecule has 2 N–H and O–H groups in total. The normalized spacial score (nSPS) is 18.0. The number of benzene rings is 1. The van der Waals surface area contributed by atoms with Crippen molar-refractivity contribution in [3.05, 3.63) is 29.3 Å². The van der Waals surface area contributed by atoms with Crippen LogP contribution in [0.1, 0.15) is 44.9 Å². The molecule has 1 aromatic carbocycles. The summed E-state index contributed by atoms with van der Waals surface area (Å²) in [4.78, 5) is 0. The van der Waals surface area contributed by atoms with Gasteiger partial charge in [0.25, 0.3) is 0 Å². The Hall–Kier alpha value is -0.870. The lowest BCUT2D eigenvalue weighted by Gasteiger charge is -2.23. The molecule has 1 aromatic rings. The summed E-state index contributed by atoms with van der Waals surface area (Å²) >= 11 is 0. The van der Waals surface area contributed by atoms with Crippen LogP contribution in [0, 0.1) is 0 Å². The number of anilines is 1. The summed E-state index contributed by atoms with van der Waals surface area (Å²) in [5.41, 5.74) is 3.85. The van der Waals surface area contributed by atoms with E-state index in [4.69, 9.17) is 0 Å². The Labute approximate surface area is 112 Å². The fraction of sp³-hybridized carbons (Fsp3) is 0.571. The fourth-order valence-corrected chi connectivity index (χ4v) is 2.98. The Morgan fingerprint density at radius 1 is 1.39 bits per heavy atom. The van der Waals surface area contributed by atoms with E-state index in [-0.39, 0.29) is 10.8 Å². The minimum absolute atomic E-state index is 0.111. The van der Waals surface area contributed by atoms with Crippen LogP contribution in [-0.4, -0.2) is 15.5 Å². The first-order chi connectivity index (χ1) is 8.39. The van der Waals surface area contributed by atoms with Crippen molar-refractivity contribution in [2.45, 2.75) is 44.9 Å². The molecular formula is C14H22N2OS. The van der Waals surface area contributed by atoms with Gasteiger partial charge in [-0.3, -0.25) is 0 Å². The van der Waals surface area contributed by atoms with Crippen LogP contribution >= 0.6 is 0 Å². The van der Waals surface area contributed by atoms with Gasteiger partial charge in [0, 0.05) is 18.3 Å². The van der Waals surface area contributed by atoms with Gasteiger partial charge in [0.2, 0.25) is 0 Å². The van der Waals surface area contributed by atoms with Gasteiger partial charge in [-0.1, -0.05) is 12.1 Å². The quantitative estimate of drug-likeness (QED) is 0.883. The van der Waals surface area contributed by atoms with Gasteiger partial charge in [0.1, 0.15) is 0 Å². The van der Waals surface area contributed by atoms with E-state index in [0.717, 1.165) is 13.0 Å². The van der Waals surface area contributed by atoms with E-state index in [1.807, 2.05) is 20.8 Å². The van der Waals surface area contributed by atoms with Gasteiger partial charge in [-0.25, -0.2) is 8.93 Å². The first-order valence-electron chi connectivity index (χ1n) is 6.43. The SMILES string of the molecule is C[C@H](NS(=O)C(C)(C)C)c1cccc2c1CCN2. The fourth-order valence-electron chi connectivity index (χ4n) is 2.18. The van der Waals surface area contributed by atoms with Gasteiger partial charge in [-0.15, -0.1) is 0 Å². The lowest BCUT2D eigenvalue weighted by molar-refractivity contribution is 0.615. The molecule has 100 valence electrons. The summed E-state index contributed by atoms with van der Waals surface area (Å²) in [7, 11) is -1.03. The molecule has 0 aliphatic carbocycles. The van der Waals surface area contributed by atoms with Crippen LogP contribution in [0.15, 0.2) is 18.2 Å². The van der Waals surface area contributed by atoms with E-state index in [1.165, 1.54) is 16.8 Å². The maximum Gasteiger partial charge on any atom is 0.0975 e. The standard InChI is InChI=1S/C14H22N2OS/c1-10(16-18(17)14(2,3)4)11-6-5-7-13-12(11)8-9-15-13/h5-7,10,15-16H,8-9H2,1-4H3/t10-,18?/m0/s1. The molecule has 2 atom stereocenters. The molecular weight excluding hydrogens is 244 g/mol. The molecule has 1 aliphatic rings. The zero-order valence-electron chi connectivity index (χ0n) is 11.5. The number of fused-ring (bicyclic) bond motifs is 1. The third-order valence-electron chi connectivity index (χ3n) is 3.21. The van der Waals surface area contributed by atoms with Crippen molar-refractivity contribution in [3.8, 4) is 0 Å². The highest BCUT2D eigenvalue weighted by Crippen LogP contribution is 2.29. The number of rotatable bonds is 3. The molecule has 1 unspecified atom stereocenters. The van der Waals surface area contributed by atoms with E-state index in [1.54, 1.807) is 0 Å². The monoisotopic (exact) mass is 266 g/mol. The van der Waals surface area contributed by atoms with Crippen molar-refractivity contribution in [1.29, 1.82) is 0 Å². The second-order valence-electron chi connectivity index (χ2n) is 5.77. The molecule has 4 heteroatoms. The van der Waals surface area contributed by atoms with Crippen molar-refractivity contribution < 1.29 is 4.21 Å². The Morgan fingerprint density at radius 2 is 2.11 bits per heavy atom. The van der Waals surface area contributed by atoms with Gasteiger partial charge >= 0.3 is 0 Å². The number of hydrogen-bond acceptors (Lipinski definition) is 2. The Bertz CT molecular complexity index is 465. The average Bonchev–Trinajstić information content (AvgIpc) is 2.74. The van der Waals surface area contributed by atoms with Gasteiger partial charge in [0.05, 0.1) is 15.7 Å². The molecule has 3 nitrogen and oxygen atoms in total. The third kappa shape index (κ3) is 2.75. The van der Waals surface area contributed by atoms with Gasteiger partial charge in [-0.05, 0) is 51.3 Å². The second kappa shape index (κ2) is 5.02. The molecule has 0 saturated heterocycles. The first kappa shape index (κ1) is 13.6. The zero-order valence-corrected chi connectivity index (χ0v) is 12.4. The highest BCUT2D eigenvalue weighted by Gasteiger charge is 2.24. The minimum atomic E-state index is -1.03. The molecule has 0 saturated carbocycles. The van der Waals surface area contributed by atoms with E-state index in [0.29, 0.717) is 0 Å². The molecule has 0 radical (unpaired) electrons. The topological polar surface area (TPSA) is 41.1 Å². The second-order valence-corrected chi connectivity index (χ2v) is 7.77. The highest BCUT2D eigenvalue weighted by atomic mass is 32.2. The molecule has 1 heterocycles. The van der Waals surface area contributed by atoms with Crippen molar-refractivity contribution >= 4 is 16.7 Å². The van der Waals surface area contributed by atoms with Crippen LogP contribution in [0.2, 0.25) is 0 Å². The molecule has 0 spiro atoms. The molecule has 0 aromatic heterocycles. The Balaban J connectivity index is 2.18. The van der Waals surface area contributed by atoms with Crippen molar-refractivity contribution in [2.24, 2.45) is 0 Å². The summed E-state index contributed by atoms with van der Waals surface area (Å²) in [6.45, 7) is 9.04. The molecule has 18 heavy (non-hydrogen) atoms. The largest absolute Gasteiger partial charge is 0.384 e. The number of hydrogen-bond donors (Lipinski definition) is 2. The Morgan fingerprint density at radius 3 is 2.78 bits per heavy atom. The summed E-state index contributed by atoms with van der Waals surface area (Å²) < 4.78 is 15.1. The first-order valence-corrected chi connectivity index (χ1v) is 7.58. The van der Waals surface area contributed by atoms with Gasteiger partial charge < -0.3 is 5.32 Å². The van der Waals surface area contributed by atoms with E-state index < -0.39 is 11.0 Å². The summed E-state index contributed by atoms with van der Waals surface area (Å²) in [5, 5.41) is 3.38. The van der Waals surface area contributed by atoms with Crippen LogP contribution in [-0.2, 0) is 17.4 Å². The molecule has 1 aliphatic heterocycles. The Kier molecular flexibility index (Phi) is 3.78. The van der Waals surface area contributed by atoms with Crippen LogP contribution in [0.25, 0.3) is 0 Å². The molecule has 0 fully saturated rings. The maximum absolute atomic E-state index is 12.1. The average molecular weight is 266 g/mol. The maximum atomic E-state index is 12.1. The third-order valence-corrected chi connectivity index (χ3v) is 4.89. The smallest absolute Gasteiger partial charge is 0.0975 e. The predicted molar refractivity (Wildman–Crippen MR) is 78.1 cm³/mol. The van der Waals surface area contributed by atoms with Crippen molar-refractivity contribution in [2.75, 3.05) is 11.9 Å².